The molecule has 4 heteroatoms. The Morgan fingerprint density at radius 2 is 1.82 bits per heavy atom. The second-order valence-electron chi connectivity index (χ2n) is 5.01. The lowest BCUT2D eigenvalue weighted by Crippen LogP contribution is -3.00. The lowest BCUT2D eigenvalue weighted by atomic mass is 10.2. The van der Waals surface area contributed by atoms with E-state index in [1.165, 1.54) is 19.3 Å². The summed E-state index contributed by atoms with van der Waals surface area (Å²) in [6.07, 6.45) is 3.75. The Hall–Kier alpha value is -0.350. The van der Waals surface area contributed by atoms with Crippen LogP contribution in [0.2, 0.25) is 0 Å². The van der Waals surface area contributed by atoms with Gasteiger partial charge >= 0.3 is 5.97 Å². The fourth-order valence-corrected chi connectivity index (χ4v) is 1.41. The first-order valence-electron chi connectivity index (χ1n) is 6.03. The van der Waals surface area contributed by atoms with Crippen LogP contribution in [0.15, 0.2) is 12.2 Å². The molecule has 0 fully saturated rings. The zero-order valence-electron chi connectivity index (χ0n) is 11.6. The minimum Gasteiger partial charge on any atom is -1.00 e. The molecule has 0 aliphatic heterocycles. The van der Waals surface area contributed by atoms with Crippen LogP contribution in [-0.4, -0.2) is 44.2 Å². The van der Waals surface area contributed by atoms with E-state index in [1.54, 1.807) is 6.92 Å². The molecule has 0 aromatic heterocycles. The average Bonchev–Trinajstić information content (AvgIpc) is 2.17. The number of quaternary nitrogens is 1. The largest absolute Gasteiger partial charge is 1.00 e. The van der Waals surface area contributed by atoms with E-state index in [0.717, 1.165) is 17.6 Å². The van der Waals surface area contributed by atoms with Gasteiger partial charge in [-0.05, 0) is 19.8 Å². The second kappa shape index (κ2) is 9.66. The minimum atomic E-state index is -0.284. The fourth-order valence-electron chi connectivity index (χ4n) is 1.41. The van der Waals surface area contributed by atoms with Gasteiger partial charge in [0.1, 0.15) is 13.2 Å². The zero-order valence-corrected chi connectivity index (χ0v) is 13.2. The van der Waals surface area contributed by atoms with E-state index in [-0.39, 0.29) is 23.0 Å². The Morgan fingerprint density at radius 3 is 2.29 bits per heavy atom. The molecule has 0 unspecified atom stereocenters. The molecular formula is C13H26BrNO2. The van der Waals surface area contributed by atoms with Gasteiger partial charge in [0.25, 0.3) is 0 Å². The summed E-state index contributed by atoms with van der Waals surface area (Å²) in [6.45, 7) is 9.90. The van der Waals surface area contributed by atoms with Gasteiger partial charge in [0.05, 0.1) is 20.6 Å². The number of halogens is 1. The van der Waals surface area contributed by atoms with Gasteiger partial charge in [-0.25, -0.2) is 4.79 Å². The molecule has 0 heterocycles. The van der Waals surface area contributed by atoms with Crippen LogP contribution in [0, 0.1) is 0 Å². The molecule has 0 saturated heterocycles. The molecule has 0 bridgehead atoms. The third-order valence-corrected chi connectivity index (χ3v) is 2.65. The lowest BCUT2D eigenvalue weighted by Gasteiger charge is -2.29. The molecule has 3 nitrogen and oxygen atoms in total. The normalized spacial score (nSPS) is 10.6. The van der Waals surface area contributed by atoms with Crippen LogP contribution in [0.3, 0.4) is 0 Å². The molecule has 0 N–H and O–H groups in total. The monoisotopic (exact) mass is 307 g/mol. The SMILES string of the molecule is C=C(C)C(=O)OCC[N+](C)(C)CCCCC.[Br-]. The Balaban J connectivity index is 0. The van der Waals surface area contributed by atoms with E-state index in [4.69, 9.17) is 4.74 Å². The van der Waals surface area contributed by atoms with Crippen LogP contribution in [0.25, 0.3) is 0 Å². The van der Waals surface area contributed by atoms with E-state index in [0.29, 0.717) is 12.2 Å². The Morgan fingerprint density at radius 1 is 1.24 bits per heavy atom. The summed E-state index contributed by atoms with van der Waals surface area (Å²) >= 11 is 0. The van der Waals surface area contributed by atoms with Gasteiger partial charge in [0, 0.05) is 5.57 Å². The third kappa shape index (κ3) is 10.5. The number of carbonyl (C=O) groups excluding carboxylic acids is 1. The molecule has 0 rings (SSSR count). The maximum Gasteiger partial charge on any atom is 0.333 e. The second-order valence-corrected chi connectivity index (χ2v) is 5.01. The predicted octanol–water partition coefficient (Wildman–Crippen LogP) is -0.624. The lowest BCUT2D eigenvalue weighted by molar-refractivity contribution is -0.890. The van der Waals surface area contributed by atoms with Crippen molar-refractivity contribution in [3.63, 3.8) is 0 Å². The van der Waals surface area contributed by atoms with Gasteiger partial charge < -0.3 is 26.2 Å². The summed E-state index contributed by atoms with van der Waals surface area (Å²) < 4.78 is 6.00. The number of likely N-dealkylation sites (N-methyl/N-ethyl adjacent to an activating group) is 1. The van der Waals surface area contributed by atoms with E-state index >= 15 is 0 Å². The molecule has 0 radical (unpaired) electrons. The summed E-state index contributed by atoms with van der Waals surface area (Å²) in [5.41, 5.74) is 0.469. The summed E-state index contributed by atoms with van der Waals surface area (Å²) in [7, 11) is 4.34. The molecule has 0 aliphatic rings. The Kier molecular flexibility index (Phi) is 10.8. The molecule has 0 spiro atoms. The Labute approximate surface area is 116 Å². The summed E-state index contributed by atoms with van der Waals surface area (Å²) in [5.74, 6) is -0.284. The number of hydrogen-bond donors (Lipinski definition) is 0. The van der Waals surface area contributed by atoms with Crippen LogP contribution in [0.1, 0.15) is 33.1 Å². The van der Waals surface area contributed by atoms with Crippen molar-refractivity contribution in [1.82, 2.24) is 0 Å². The summed E-state index contributed by atoms with van der Waals surface area (Å²) in [5, 5.41) is 0. The number of ether oxygens (including phenoxy) is 1. The fraction of sp³-hybridized carbons (Fsp3) is 0.769. The van der Waals surface area contributed by atoms with Crippen molar-refractivity contribution in [1.29, 1.82) is 0 Å². The van der Waals surface area contributed by atoms with Gasteiger partial charge in [-0.15, -0.1) is 0 Å². The van der Waals surface area contributed by atoms with E-state index in [2.05, 4.69) is 27.6 Å². The maximum absolute atomic E-state index is 11.2. The summed E-state index contributed by atoms with van der Waals surface area (Å²) in [4.78, 5) is 11.2. The van der Waals surface area contributed by atoms with Crippen LogP contribution >= 0.6 is 0 Å². The average molecular weight is 308 g/mol. The smallest absolute Gasteiger partial charge is 0.333 e. The van der Waals surface area contributed by atoms with Gasteiger partial charge in [-0.2, -0.15) is 0 Å². The highest BCUT2D eigenvalue weighted by Crippen LogP contribution is 2.04. The summed E-state index contributed by atoms with van der Waals surface area (Å²) in [6, 6.07) is 0. The highest BCUT2D eigenvalue weighted by Gasteiger charge is 2.15. The zero-order chi connectivity index (χ0) is 12.6. The van der Waals surface area contributed by atoms with Gasteiger partial charge in [-0.3, -0.25) is 0 Å². The topological polar surface area (TPSA) is 26.3 Å². The van der Waals surface area contributed by atoms with Crippen LogP contribution in [-0.2, 0) is 9.53 Å². The number of nitrogens with zero attached hydrogens (tertiary/aromatic N) is 1. The van der Waals surface area contributed by atoms with Crippen molar-refractivity contribution < 1.29 is 31.0 Å². The molecule has 17 heavy (non-hydrogen) atoms. The quantitative estimate of drug-likeness (QED) is 0.258. The molecule has 0 saturated carbocycles. The van der Waals surface area contributed by atoms with E-state index in [9.17, 15) is 4.79 Å². The number of hydrogen-bond acceptors (Lipinski definition) is 2. The van der Waals surface area contributed by atoms with Crippen molar-refractivity contribution >= 4 is 5.97 Å². The number of rotatable bonds is 8. The first kappa shape index (κ1) is 19.0. The standard InChI is InChI=1S/C13H26NO2.BrH/c1-6-7-8-9-14(4,5)10-11-16-13(15)12(2)3;/h2,6-11H2,1,3-5H3;1H/q+1;/p-1. The van der Waals surface area contributed by atoms with Crippen LogP contribution < -0.4 is 17.0 Å². The van der Waals surface area contributed by atoms with Crippen LogP contribution in [0.4, 0.5) is 0 Å². The van der Waals surface area contributed by atoms with Crippen molar-refractivity contribution in [2.45, 2.75) is 33.1 Å². The van der Waals surface area contributed by atoms with Gasteiger partial charge in [-0.1, -0.05) is 19.9 Å². The molecule has 102 valence electrons. The number of esters is 1. The maximum atomic E-state index is 11.2. The number of unbranched alkanes of at least 4 members (excludes halogenated alkanes) is 2. The molecular weight excluding hydrogens is 282 g/mol. The van der Waals surface area contributed by atoms with Crippen LogP contribution in [0.5, 0.6) is 0 Å². The van der Waals surface area contributed by atoms with E-state index < -0.39 is 0 Å². The first-order chi connectivity index (χ1) is 7.39. The van der Waals surface area contributed by atoms with Gasteiger partial charge in [0.2, 0.25) is 0 Å². The van der Waals surface area contributed by atoms with Crippen molar-refractivity contribution in [3.05, 3.63) is 12.2 Å². The highest BCUT2D eigenvalue weighted by molar-refractivity contribution is 5.86. The Bertz CT molecular complexity index is 240. The third-order valence-electron chi connectivity index (χ3n) is 2.65. The van der Waals surface area contributed by atoms with Crippen molar-refractivity contribution in [2.75, 3.05) is 33.8 Å². The first-order valence-corrected chi connectivity index (χ1v) is 6.03. The molecule has 0 aromatic rings. The van der Waals surface area contributed by atoms with E-state index in [1.807, 2.05) is 0 Å². The molecule has 0 amide bonds. The molecule has 0 atom stereocenters. The van der Waals surface area contributed by atoms with Crippen molar-refractivity contribution in [2.24, 2.45) is 0 Å². The van der Waals surface area contributed by atoms with Crippen molar-refractivity contribution in [3.8, 4) is 0 Å². The molecule has 0 aromatic carbocycles. The van der Waals surface area contributed by atoms with Gasteiger partial charge in [0.15, 0.2) is 0 Å². The highest BCUT2D eigenvalue weighted by atomic mass is 79.9. The predicted molar refractivity (Wildman–Crippen MR) is 67.1 cm³/mol. The molecule has 0 aliphatic carbocycles. The number of carbonyl (C=O) groups is 1. The minimum absolute atomic E-state index is 0.